The van der Waals surface area contributed by atoms with Gasteiger partial charge in [0, 0.05) is 20.2 Å². The molecule has 2 aromatic carbocycles. The maximum atomic E-state index is 13.3. The topological polar surface area (TPSA) is 58.6 Å². The van der Waals surface area contributed by atoms with Crippen molar-refractivity contribution < 1.29 is 14.0 Å². The van der Waals surface area contributed by atoms with Crippen molar-refractivity contribution in [3.63, 3.8) is 0 Å². The Bertz CT molecular complexity index is 693. The highest BCUT2D eigenvalue weighted by Crippen LogP contribution is 2.35. The van der Waals surface area contributed by atoms with E-state index in [0.29, 0.717) is 15.4 Å². The summed E-state index contributed by atoms with van der Waals surface area (Å²) >= 11 is 2.67. The molecule has 0 aliphatic heterocycles. The zero-order chi connectivity index (χ0) is 15.4. The molecule has 2 rings (SSSR count). The van der Waals surface area contributed by atoms with Crippen molar-refractivity contribution in [2.24, 2.45) is 10.9 Å². The van der Waals surface area contributed by atoms with Crippen LogP contribution in [0.3, 0.4) is 0 Å². The van der Waals surface area contributed by atoms with Gasteiger partial charge in [-0.05, 0) is 36.6 Å². The van der Waals surface area contributed by atoms with E-state index >= 15 is 0 Å². The Kier molecular flexibility index (Phi) is 5.08. The van der Waals surface area contributed by atoms with Crippen LogP contribution in [0.1, 0.15) is 5.56 Å². The summed E-state index contributed by atoms with van der Waals surface area (Å²) in [5, 5.41) is 11.9. The quantitative estimate of drug-likeness (QED) is 0.294. The number of thioether (sulfide) groups is 1. The van der Waals surface area contributed by atoms with Crippen molar-refractivity contribution in [3.8, 4) is 0 Å². The van der Waals surface area contributed by atoms with Crippen LogP contribution in [0.5, 0.6) is 0 Å². The van der Waals surface area contributed by atoms with Crippen LogP contribution in [0.15, 0.2) is 56.2 Å². The van der Waals surface area contributed by atoms with Crippen LogP contribution in [-0.2, 0) is 0 Å². The summed E-state index contributed by atoms with van der Waals surface area (Å²) in [6.07, 6.45) is 1.87. The summed E-state index contributed by atoms with van der Waals surface area (Å²) in [6, 6.07) is 9.10. The average Bonchev–Trinajstić information content (AvgIpc) is 2.50. The summed E-state index contributed by atoms with van der Waals surface area (Å²) in [7, 11) is 0. The third kappa shape index (κ3) is 3.48. The van der Waals surface area contributed by atoms with E-state index in [-0.39, 0.29) is 5.84 Å². The molecule has 0 atom stereocenters. The van der Waals surface area contributed by atoms with Crippen LogP contribution in [-0.4, -0.2) is 17.3 Å². The van der Waals surface area contributed by atoms with Gasteiger partial charge >= 0.3 is 0 Å². The molecule has 0 fully saturated rings. The summed E-state index contributed by atoms with van der Waals surface area (Å²) in [5.41, 5.74) is 6.29. The predicted molar refractivity (Wildman–Crippen MR) is 81.2 cm³/mol. The van der Waals surface area contributed by atoms with Gasteiger partial charge in [-0.3, -0.25) is 0 Å². The van der Waals surface area contributed by atoms with E-state index in [4.69, 9.17) is 10.9 Å². The van der Waals surface area contributed by atoms with Gasteiger partial charge in [0.2, 0.25) is 0 Å². The van der Waals surface area contributed by atoms with E-state index in [1.165, 1.54) is 29.6 Å². The highest BCUT2D eigenvalue weighted by molar-refractivity contribution is 8.00. The zero-order valence-corrected chi connectivity index (χ0v) is 12.6. The zero-order valence-electron chi connectivity index (χ0n) is 11.0. The first-order valence-electron chi connectivity index (χ1n) is 5.84. The highest BCUT2D eigenvalue weighted by atomic mass is 32.2. The summed E-state index contributed by atoms with van der Waals surface area (Å²) in [4.78, 5) is 2.06. The van der Waals surface area contributed by atoms with Gasteiger partial charge in [-0.2, -0.15) is 0 Å². The number of rotatable bonds is 4. The van der Waals surface area contributed by atoms with Crippen molar-refractivity contribution in [1.29, 1.82) is 0 Å². The van der Waals surface area contributed by atoms with Crippen LogP contribution in [0.2, 0.25) is 0 Å². The van der Waals surface area contributed by atoms with Crippen LogP contribution in [0, 0.1) is 11.6 Å². The standard InChI is InChI=1S/C14H12F2N2OS2/c1-20-11-3-2-4-12(13(11)14(17)18-19)21-8-5-6-9(15)10(16)7-8/h2-7,19H,1H3,(H2,17,18). The van der Waals surface area contributed by atoms with Crippen molar-refractivity contribution >= 4 is 29.4 Å². The van der Waals surface area contributed by atoms with Crippen LogP contribution >= 0.6 is 23.5 Å². The van der Waals surface area contributed by atoms with Gasteiger partial charge < -0.3 is 10.9 Å². The molecular weight excluding hydrogens is 314 g/mol. The van der Waals surface area contributed by atoms with Crippen molar-refractivity contribution in [1.82, 2.24) is 0 Å². The van der Waals surface area contributed by atoms with Gasteiger partial charge in [0.15, 0.2) is 17.5 Å². The minimum absolute atomic E-state index is 0.0231. The van der Waals surface area contributed by atoms with Crippen molar-refractivity contribution in [3.05, 3.63) is 53.6 Å². The van der Waals surface area contributed by atoms with Gasteiger partial charge in [0.1, 0.15) is 0 Å². The van der Waals surface area contributed by atoms with Gasteiger partial charge in [-0.25, -0.2) is 8.78 Å². The first-order chi connectivity index (χ1) is 10.1. The van der Waals surface area contributed by atoms with Crippen molar-refractivity contribution in [2.45, 2.75) is 14.7 Å². The molecule has 0 heterocycles. The Labute approximate surface area is 129 Å². The highest BCUT2D eigenvalue weighted by Gasteiger charge is 2.14. The molecule has 21 heavy (non-hydrogen) atoms. The number of hydrogen-bond donors (Lipinski definition) is 2. The monoisotopic (exact) mass is 326 g/mol. The number of amidine groups is 1. The first-order valence-corrected chi connectivity index (χ1v) is 7.88. The van der Waals surface area contributed by atoms with E-state index in [9.17, 15) is 8.78 Å². The molecule has 0 saturated heterocycles. The lowest BCUT2D eigenvalue weighted by Gasteiger charge is -2.12. The number of halogens is 2. The lowest BCUT2D eigenvalue weighted by Crippen LogP contribution is -2.15. The van der Waals surface area contributed by atoms with E-state index in [1.807, 2.05) is 18.4 Å². The Morgan fingerprint density at radius 1 is 1.14 bits per heavy atom. The normalized spacial score (nSPS) is 11.7. The van der Waals surface area contributed by atoms with Crippen LogP contribution < -0.4 is 5.73 Å². The van der Waals surface area contributed by atoms with E-state index in [0.717, 1.165) is 17.0 Å². The second-order valence-electron chi connectivity index (χ2n) is 4.00. The molecule has 7 heteroatoms. The fourth-order valence-electron chi connectivity index (χ4n) is 1.74. The second-order valence-corrected chi connectivity index (χ2v) is 5.96. The molecule has 3 N–H and O–H groups in total. The average molecular weight is 326 g/mol. The predicted octanol–water partition coefficient (Wildman–Crippen LogP) is 3.93. The molecule has 0 aromatic heterocycles. The summed E-state index contributed by atoms with van der Waals surface area (Å²) in [6.45, 7) is 0. The first kappa shape index (κ1) is 15.7. The molecule has 0 saturated carbocycles. The van der Waals surface area contributed by atoms with Gasteiger partial charge in [-0.1, -0.05) is 23.0 Å². The van der Waals surface area contributed by atoms with E-state index in [2.05, 4.69) is 5.16 Å². The number of nitrogens with zero attached hydrogens (tertiary/aromatic N) is 1. The van der Waals surface area contributed by atoms with E-state index < -0.39 is 11.6 Å². The molecule has 0 spiro atoms. The molecule has 0 aliphatic rings. The fraction of sp³-hybridized carbons (Fsp3) is 0.0714. The molecule has 2 aromatic rings. The minimum Gasteiger partial charge on any atom is -0.409 e. The Hall–Kier alpha value is -1.73. The number of nitrogens with two attached hydrogens (primary N) is 1. The fourth-order valence-corrected chi connectivity index (χ4v) is 3.45. The maximum Gasteiger partial charge on any atom is 0.172 e. The SMILES string of the molecule is CSc1cccc(Sc2ccc(F)c(F)c2)c1/C(N)=N/O. The second kappa shape index (κ2) is 6.82. The maximum absolute atomic E-state index is 13.3. The number of benzene rings is 2. The van der Waals surface area contributed by atoms with Crippen molar-refractivity contribution in [2.75, 3.05) is 6.26 Å². The molecule has 0 amide bonds. The van der Waals surface area contributed by atoms with Gasteiger partial charge in [-0.15, -0.1) is 11.8 Å². The Balaban J connectivity index is 2.46. The molecular formula is C14H12F2N2OS2. The van der Waals surface area contributed by atoms with E-state index in [1.54, 1.807) is 6.07 Å². The minimum atomic E-state index is -0.911. The molecule has 110 valence electrons. The largest absolute Gasteiger partial charge is 0.409 e. The van der Waals surface area contributed by atoms with Crippen LogP contribution in [0.4, 0.5) is 8.78 Å². The van der Waals surface area contributed by atoms with Gasteiger partial charge in [0.25, 0.3) is 0 Å². The smallest absolute Gasteiger partial charge is 0.172 e. The lowest BCUT2D eigenvalue weighted by molar-refractivity contribution is 0.318. The molecule has 0 aliphatic carbocycles. The Morgan fingerprint density at radius 2 is 1.86 bits per heavy atom. The summed E-state index contributed by atoms with van der Waals surface area (Å²) < 4.78 is 26.2. The summed E-state index contributed by atoms with van der Waals surface area (Å²) in [5.74, 6) is -1.83. The third-order valence-electron chi connectivity index (χ3n) is 2.69. The van der Waals surface area contributed by atoms with Crippen LogP contribution in [0.25, 0.3) is 0 Å². The molecule has 0 radical (unpaired) electrons. The lowest BCUT2D eigenvalue weighted by atomic mass is 10.2. The van der Waals surface area contributed by atoms with Gasteiger partial charge in [0.05, 0.1) is 0 Å². The molecule has 0 bridgehead atoms. The third-order valence-corrected chi connectivity index (χ3v) is 4.52. The number of oxime groups is 1. The molecule has 0 unspecified atom stereocenters. The molecule has 3 nitrogen and oxygen atoms in total. The number of hydrogen-bond acceptors (Lipinski definition) is 4. The Morgan fingerprint density at radius 3 is 2.48 bits per heavy atom.